The Hall–Kier alpha value is -1.31. The van der Waals surface area contributed by atoms with Gasteiger partial charge in [0, 0.05) is 6.42 Å². The third-order valence-corrected chi connectivity index (χ3v) is 2.73. The van der Waals surface area contributed by atoms with E-state index in [1.54, 1.807) is 0 Å². The average Bonchev–Trinajstić information content (AvgIpc) is 2.48. The second-order valence-electron chi connectivity index (χ2n) is 4.52. The Bertz CT molecular complexity index is 354. The SMILES string of the molecule is CC1(C)OC[C@@H](CCC(=O)O)N1C(=O)C(F)(F)F. The molecule has 1 rings (SSSR count). The van der Waals surface area contributed by atoms with Crippen LogP contribution in [-0.2, 0) is 14.3 Å². The number of alkyl halides is 3. The van der Waals surface area contributed by atoms with Crippen molar-refractivity contribution >= 4 is 11.9 Å². The first-order valence-electron chi connectivity index (χ1n) is 5.32. The zero-order valence-corrected chi connectivity index (χ0v) is 9.95. The van der Waals surface area contributed by atoms with Gasteiger partial charge in [-0.05, 0) is 20.3 Å². The summed E-state index contributed by atoms with van der Waals surface area (Å²) in [6.07, 6.45) is -5.38. The summed E-state index contributed by atoms with van der Waals surface area (Å²) in [6.45, 7) is 2.59. The Kier molecular flexibility index (Phi) is 3.89. The molecule has 0 aliphatic carbocycles. The third-order valence-electron chi connectivity index (χ3n) is 2.73. The molecule has 5 nitrogen and oxygen atoms in total. The Morgan fingerprint density at radius 3 is 2.44 bits per heavy atom. The standard InChI is InChI=1S/C10H14F3NO4/c1-9(2)14(8(17)10(11,12)13)6(5-18-9)3-4-7(15)16/h6H,3-5H2,1-2H3,(H,15,16)/t6-/m1/s1. The monoisotopic (exact) mass is 269 g/mol. The zero-order chi connectivity index (χ0) is 14.1. The molecule has 1 atom stereocenters. The highest BCUT2D eigenvalue weighted by molar-refractivity contribution is 5.83. The van der Waals surface area contributed by atoms with Crippen molar-refractivity contribution in [2.75, 3.05) is 6.61 Å². The lowest BCUT2D eigenvalue weighted by molar-refractivity contribution is -0.198. The summed E-state index contributed by atoms with van der Waals surface area (Å²) in [4.78, 5) is 22.3. The third kappa shape index (κ3) is 3.12. The number of nitrogens with zero attached hydrogens (tertiary/aromatic N) is 1. The lowest BCUT2D eigenvalue weighted by Crippen LogP contribution is -2.53. The minimum atomic E-state index is -4.99. The Morgan fingerprint density at radius 1 is 1.44 bits per heavy atom. The van der Waals surface area contributed by atoms with Crippen LogP contribution in [0.15, 0.2) is 0 Å². The van der Waals surface area contributed by atoms with Gasteiger partial charge in [-0.2, -0.15) is 13.2 Å². The highest BCUT2D eigenvalue weighted by atomic mass is 19.4. The molecule has 1 N–H and O–H groups in total. The number of carboxylic acids is 1. The number of hydrogen-bond donors (Lipinski definition) is 1. The van der Waals surface area contributed by atoms with Crippen LogP contribution in [0.5, 0.6) is 0 Å². The molecule has 0 aromatic carbocycles. The van der Waals surface area contributed by atoms with Crippen LogP contribution in [0.25, 0.3) is 0 Å². The number of carbonyl (C=O) groups excluding carboxylic acids is 1. The van der Waals surface area contributed by atoms with Gasteiger partial charge in [-0.3, -0.25) is 9.59 Å². The lowest BCUT2D eigenvalue weighted by atomic mass is 10.1. The molecular formula is C10H14F3NO4. The van der Waals surface area contributed by atoms with Gasteiger partial charge >= 0.3 is 18.1 Å². The fourth-order valence-corrected chi connectivity index (χ4v) is 1.93. The van der Waals surface area contributed by atoms with Crippen molar-refractivity contribution < 1.29 is 32.6 Å². The van der Waals surface area contributed by atoms with E-state index in [0.29, 0.717) is 4.90 Å². The first-order valence-corrected chi connectivity index (χ1v) is 5.32. The van der Waals surface area contributed by atoms with Crippen LogP contribution < -0.4 is 0 Å². The van der Waals surface area contributed by atoms with Gasteiger partial charge in [-0.25, -0.2) is 0 Å². The molecule has 0 saturated carbocycles. The fraction of sp³-hybridized carbons (Fsp3) is 0.800. The van der Waals surface area contributed by atoms with Gasteiger partial charge in [-0.15, -0.1) is 0 Å². The summed E-state index contributed by atoms with van der Waals surface area (Å²) >= 11 is 0. The molecular weight excluding hydrogens is 255 g/mol. The van der Waals surface area contributed by atoms with E-state index in [2.05, 4.69) is 0 Å². The smallest absolute Gasteiger partial charge is 0.471 e. The van der Waals surface area contributed by atoms with Gasteiger partial charge in [0.25, 0.3) is 0 Å². The van der Waals surface area contributed by atoms with Gasteiger partial charge in [0.1, 0.15) is 5.72 Å². The molecule has 1 aliphatic heterocycles. The molecule has 1 aliphatic rings. The van der Waals surface area contributed by atoms with E-state index in [-0.39, 0.29) is 19.4 Å². The number of rotatable bonds is 3. The average molecular weight is 269 g/mol. The number of hydrogen-bond acceptors (Lipinski definition) is 3. The molecule has 0 bridgehead atoms. The normalized spacial score (nSPS) is 23.2. The maximum Gasteiger partial charge on any atom is 0.471 e. The van der Waals surface area contributed by atoms with Crippen LogP contribution >= 0.6 is 0 Å². The van der Waals surface area contributed by atoms with Crippen molar-refractivity contribution in [3.63, 3.8) is 0 Å². The lowest BCUT2D eigenvalue weighted by Gasteiger charge is -2.34. The fourth-order valence-electron chi connectivity index (χ4n) is 1.93. The van der Waals surface area contributed by atoms with Crippen molar-refractivity contribution in [1.82, 2.24) is 4.90 Å². The van der Waals surface area contributed by atoms with Crippen molar-refractivity contribution in [3.05, 3.63) is 0 Å². The van der Waals surface area contributed by atoms with Gasteiger partial charge in [0.15, 0.2) is 0 Å². The quantitative estimate of drug-likeness (QED) is 0.840. The van der Waals surface area contributed by atoms with Gasteiger partial charge in [-0.1, -0.05) is 0 Å². The first-order chi connectivity index (χ1) is 8.05. The predicted octanol–water partition coefficient (Wildman–Crippen LogP) is 1.38. The van der Waals surface area contributed by atoms with E-state index in [0.717, 1.165) is 0 Å². The van der Waals surface area contributed by atoms with E-state index in [4.69, 9.17) is 9.84 Å². The molecule has 0 radical (unpaired) electrons. The Morgan fingerprint density at radius 2 is 2.00 bits per heavy atom. The topological polar surface area (TPSA) is 66.8 Å². The molecule has 8 heteroatoms. The molecule has 0 aromatic rings. The van der Waals surface area contributed by atoms with E-state index < -0.39 is 29.8 Å². The van der Waals surface area contributed by atoms with Crippen LogP contribution in [0.2, 0.25) is 0 Å². The Labute approximate surface area is 102 Å². The highest BCUT2D eigenvalue weighted by Gasteiger charge is 2.53. The molecule has 0 spiro atoms. The second kappa shape index (κ2) is 4.75. The van der Waals surface area contributed by atoms with E-state index >= 15 is 0 Å². The summed E-state index contributed by atoms with van der Waals surface area (Å²) in [5.74, 6) is -3.13. The summed E-state index contributed by atoms with van der Waals surface area (Å²) in [7, 11) is 0. The Balaban J connectivity index is 2.86. The van der Waals surface area contributed by atoms with Crippen molar-refractivity contribution in [1.29, 1.82) is 0 Å². The molecule has 18 heavy (non-hydrogen) atoms. The number of amides is 1. The molecule has 1 saturated heterocycles. The van der Waals surface area contributed by atoms with Crippen LogP contribution in [0.1, 0.15) is 26.7 Å². The highest BCUT2D eigenvalue weighted by Crippen LogP contribution is 2.33. The minimum Gasteiger partial charge on any atom is -0.481 e. The minimum absolute atomic E-state index is 0.0689. The van der Waals surface area contributed by atoms with Gasteiger partial charge < -0.3 is 14.7 Å². The van der Waals surface area contributed by atoms with E-state index in [9.17, 15) is 22.8 Å². The maximum absolute atomic E-state index is 12.5. The first kappa shape index (κ1) is 14.7. The number of carboxylic acid groups (broad SMARTS) is 1. The molecule has 1 amide bonds. The summed E-state index contributed by atoms with van der Waals surface area (Å²) < 4.78 is 42.5. The molecule has 104 valence electrons. The van der Waals surface area contributed by atoms with Crippen molar-refractivity contribution in [3.8, 4) is 0 Å². The van der Waals surface area contributed by atoms with Crippen LogP contribution in [0.3, 0.4) is 0 Å². The molecule has 1 fully saturated rings. The van der Waals surface area contributed by atoms with Gasteiger partial charge in [0.2, 0.25) is 0 Å². The largest absolute Gasteiger partial charge is 0.481 e. The zero-order valence-electron chi connectivity index (χ0n) is 9.95. The van der Waals surface area contributed by atoms with Gasteiger partial charge in [0.05, 0.1) is 12.6 Å². The van der Waals surface area contributed by atoms with Crippen LogP contribution in [0.4, 0.5) is 13.2 Å². The summed E-state index contributed by atoms with van der Waals surface area (Å²) in [6, 6.07) is -0.870. The van der Waals surface area contributed by atoms with Crippen molar-refractivity contribution in [2.24, 2.45) is 0 Å². The number of carbonyl (C=O) groups is 2. The summed E-state index contributed by atoms with van der Waals surface area (Å²) in [5.41, 5.74) is -1.38. The maximum atomic E-state index is 12.5. The van der Waals surface area contributed by atoms with Crippen molar-refractivity contribution in [2.45, 2.75) is 44.6 Å². The summed E-state index contributed by atoms with van der Waals surface area (Å²) in [5, 5.41) is 8.52. The number of halogens is 3. The number of aliphatic carboxylic acids is 1. The second-order valence-corrected chi connectivity index (χ2v) is 4.52. The predicted molar refractivity (Wildman–Crippen MR) is 53.6 cm³/mol. The number of ether oxygens (including phenoxy) is 1. The van der Waals surface area contributed by atoms with E-state index in [1.807, 2.05) is 0 Å². The molecule has 1 heterocycles. The van der Waals surface area contributed by atoms with E-state index in [1.165, 1.54) is 13.8 Å². The van der Waals surface area contributed by atoms with Crippen LogP contribution in [0, 0.1) is 0 Å². The molecule has 0 unspecified atom stereocenters. The van der Waals surface area contributed by atoms with Crippen LogP contribution in [-0.4, -0.2) is 46.4 Å². The molecule has 0 aromatic heterocycles.